The lowest BCUT2D eigenvalue weighted by atomic mass is 10.1. The third-order valence-corrected chi connectivity index (χ3v) is 4.24. The molecule has 0 aliphatic carbocycles. The fourth-order valence-corrected chi connectivity index (χ4v) is 2.88. The molecule has 1 atom stereocenters. The highest BCUT2D eigenvalue weighted by Crippen LogP contribution is 2.13. The first-order chi connectivity index (χ1) is 11.2. The predicted octanol–water partition coefficient (Wildman–Crippen LogP) is 0.510. The summed E-state index contributed by atoms with van der Waals surface area (Å²) in [6, 6.07) is 1.29. The normalized spacial score (nSPS) is 23.1. The number of carbonyl (C=O) groups excluding carboxylic acids is 2. The van der Waals surface area contributed by atoms with Gasteiger partial charge >= 0.3 is 0 Å². The maximum absolute atomic E-state index is 12.3. The van der Waals surface area contributed by atoms with Crippen LogP contribution in [0.2, 0.25) is 0 Å². The quantitative estimate of drug-likeness (QED) is 0.844. The fraction of sp³-hybridized carbons (Fsp3) is 0.625. The summed E-state index contributed by atoms with van der Waals surface area (Å²) in [7, 11) is 0. The number of nitrogens with zero attached hydrogens (tertiary/aromatic N) is 1. The van der Waals surface area contributed by atoms with Crippen molar-refractivity contribution in [3.8, 4) is 0 Å². The second-order valence-electron chi connectivity index (χ2n) is 6.00. The number of hydrogen-bond donors (Lipinski definition) is 2. The molecule has 0 saturated carbocycles. The van der Waals surface area contributed by atoms with Crippen LogP contribution < -0.4 is 10.6 Å². The molecular formula is C16H23N3O4. The van der Waals surface area contributed by atoms with Gasteiger partial charge < -0.3 is 19.8 Å². The average Bonchev–Trinajstić information content (AvgIpc) is 2.93. The third kappa shape index (κ3) is 4.33. The maximum Gasteiger partial charge on any atom is 0.255 e. The lowest BCUT2D eigenvalue weighted by molar-refractivity contribution is -0.122. The molecule has 2 aliphatic rings. The Morgan fingerprint density at radius 1 is 1.35 bits per heavy atom. The molecule has 0 bridgehead atoms. The first-order valence-electron chi connectivity index (χ1n) is 8.18. The SMILES string of the molecule is O=C(NC1CCCCNC1=O)c1coc(CN2CCOCC2)c1. The minimum atomic E-state index is -0.456. The van der Waals surface area contributed by atoms with Gasteiger partial charge in [-0.25, -0.2) is 0 Å². The zero-order valence-corrected chi connectivity index (χ0v) is 13.2. The van der Waals surface area contributed by atoms with Gasteiger partial charge in [-0.05, 0) is 25.3 Å². The van der Waals surface area contributed by atoms with Gasteiger partial charge in [0.2, 0.25) is 5.91 Å². The molecule has 0 radical (unpaired) electrons. The molecule has 7 nitrogen and oxygen atoms in total. The van der Waals surface area contributed by atoms with Gasteiger partial charge in [0.1, 0.15) is 18.1 Å². The van der Waals surface area contributed by atoms with Crippen molar-refractivity contribution in [1.29, 1.82) is 0 Å². The topological polar surface area (TPSA) is 83.8 Å². The van der Waals surface area contributed by atoms with E-state index >= 15 is 0 Å². The molecule has 2 N–H and O–H groups in total. The van der Waals surface area contributed by atoms with Crippen LogP contribution >= 0.6 is 0 Å². The highest BCUT2D eigenvalue weighted by atomic mass is 16.5. The van der Waals surface area contributed by atoms with Crippen molar-refractivity contribution in [2.75, 3.05) is 32.8 Å². The molecule has 126 valence electrons. The average molecular weight is 321 g/mol. The molecule has 1 unspecified atom stereocenters. The van der Waals surface area contributed by atoms with E-state index in [2.05, 4.69) is 15.5 Å². The number of carbonyl (C=O) groups is 2. The van der Waals surface area contributed by atoms with Crippen LogP contribution in [0.4, 0.5) is 0 Å². The fourth-order valence-electron chi connectivity index (χ4n) is 2.88. The lowest BCUT2D eigenvalue weighted by Crippen LogP contribution is -2.45. The van der Waals surface area contributed by atoms with E-state index in [0.717, 1.165) is 44.9 Å². The van der Waals surface area contributed by atoms with Crippen LogP contribution in [0.5, 0.6) is 0 Å². The molecule has 0 aromatic carbocycles. The molecule has 3 rings (SSSR count). The summed E-state index contributed by atoms with van der Waals surface area (Å²) in [6.07, 6.45) is 4.01. The molecule has 0 spiro atoms. The number of rotatable bonds is 4. The van der Waals surface area contributed by atoms with Gasteiger partial charge in [0.25, 0.3) is 5.91 Å². The molecule has 3 heterocycles. The number of furan rings is 1. The van der Waals surface area contributed by atoms with Crippen molar-refractivity contribution < 1.29 is 18.7 Å². The van der Waals surface area contributed by atoms with Crippen molar-refractivity contribution in [2.45, 2.75) is 31.8 Å². The Hall–Kier alpha value is -1.86. The number of morpholine rings is 1. The Labute approximate surface area is 135 Å². The van der Waals surface area contributed by atoms with E-state index < -0.39 is 6.04 Å². The van der Waals surface area contributed by atoms with Crippen molar-refractivity contribution in [3.63, 3.8) is 0 Å². The minimum Gasteiger partial charge on any atom is -0.467 e. The van der Waals surface area contributed by atoms with E-state index in [1.54, 1.807) is 6.07 Å². The minimum absolute atomic E-state index is 0.104. The third-order valence-electron chi connectivity index (χ3n) is 4.24. The smallest absolute Gasteiger partial charge is 0.255 e. The number of hydrogen-bond acceptors (Lipinski definition) is 5. The number of ether oxygens (including phenoxy) is 1. The van der Waals surface area contributed by atoms with Crippen molar-refractivity contribution in [3.05, 3.63) is 23.7 Å². The lowest BCUT2D eigenvalue weighted by Gasteiger charge is -2.25. The zero-order valence-electron chi connectivity index (χ0n) is 13.2. The summed E-state index contributed by atoms with van der Waals surface area (Å²) in [4.78, 5) is 26.4. The van der Waals surface area contributed by atoms with Gasteiger partial charge in [-0.15, -0.1) is 0 Å². The van der Waals surface area contributed by atoms with E-state index in [1.165, 1.54) is 6.26 Å². The largest absolute Gasteiger partial charge is 0.467 e. The van der Waals surface area contributed by atoms with Crippen LogP contribution in [-0.2, 0) is 16.1 Å². The molecule has 2 fully saturated rings. The Kier molecular flexibility index (Phi) is 5.30. The van der Waals surface area contributed by atoms with E-state index in [1.807, 2.05) is 0 Å². The van der Waals surface area contributed by atoms with Crippen LogP contribution in [0, 0.1) is 0 Å². The van der Waals surface area contributed by atoms with E-state index in [-0.39, 0.29) is 11.8 Å². The molecule has 2 aliphatic heterocycles. The molecule has 2 amide bonds. The molecule has 2 saturated heterocycles. The highest BCUT2D eigenvalue weighted by Gasteiger charge is 2.24. The van der Waals surface area contributed by atoms with Crippen molar-refractivity contribution in [2.24, 2.45) is 0 Å². The second-order valence-corrected chi connectivity index (χ2v) is 6.00. The molecule has 23 heavy (non-hydrogen) atoms. The van der Waals surface area contributed by atoms with Gasteiger partial charge in [0, 0.05) is 19.6 Å². The van der Waals surface area contributed by atoms with Gasteiger partial charge in [0.15, 0.2) is 0 Å². The van der Waals surface area contributed by atoms with Gasteiger partial charge in [0.05, 0.1) is 25.3 Å². The Bertz CT molecular complexity index is 551. The Balaban J connectivity index is 1.56. The molecular weight excluding hydrogens is 298 g/mol. The number of amides is 2. The summed E-state index contributed by atoms with van der Waals surface area (Å²) in [5, 5.41) is 5.61. The maximum atomic E-state index is 12.3. The summed E-state index contributed by atoms with van der Waals surface area (Å²) in [5.41, 5.74) is 0.463. The van der Waals surface area contributed by atoms with Crippen LogP contribution in [0.3, 0.4) is 0 Å². The number of nitrogens with one attached hydrogen (secondary N) is 2. The standard InChI is InChI=1S/C16H23N3O4/c20-15(18-14-3-1-2-4-17-16(14)21)12-9-13(23-11-12)10-19-5-7-22-8-6-19/h9,11,14H,1-8,10H2,(H,17,21)(H,18,20). The monoisotopic (exact) mass is 321 g/mol. The van der Waals surface area contributed by atoms with Gasteiger partial charge in [-0.3, -0.25) is 14.5 Å². The molecule has 1 aromatic rings. The Morgan fingerprint density at radius 3 is 3.00 bits per heavy atom. The summed E-state index contributed by atoms with van der Waals surface area (Å²) in [6.45, 7) is 4.53. The zero-order chi connectivity index (χ0) is 16.1. The van der Waals surface area contributed by atoms with Crippen LogP contribution in [0.1, 0.15) is 35.4 Å². The van der Waals surface area contributed by atoms with E-state index in [0.29, 0.717) is 25.1 Å². The second kappa shape index (κ2) is 7.61. The van der Waals surface area contributed by atoms with Gasteiger partial charge in [-0.1, -0.05) is 0 Å². The van der Waals surface area contributed by atoms with Crippen LogP contribution in [0.15, 0.2) is 16.7 Å². The van der Waals surface area contributed by atoms with Crippen molar-refractivity contribution in [1.82, 2.24) is 15.5 Å². The summed E-state index contributed by atoms with van der Waals surface area (Å²) >= 11 is 0. The summed E-state index contributed by atoms with van der Waals surface area (Å²) < 4.78 is 10.8. The van der Waals surface area contributed by atoms with E-state index in [9.17, 15) is 9.59 Å². The molecule has 1 aromatic heterocycles. The van der Waals surface area contributed by atoms with Crippen molar-refractivity contribution >= 4 is 11.8 Å². The van der Waals surface area contributed by atoms with E-state index in [4.69, 9.17) is 9.15 Å². The highest BCUT2D eigenvalue weighted by molar-refractivity contribution is 5.97. The first kappa shape index (κ1) is 16.0. The van der Waals surface area contributed by atoms with Gasteiger partial charge in [-0.2, -0.15) is 0 Å². The first-order valence-corrected chi connectivity index (χ1v) is 8.18. The predicted molar refractivity (Wildman–Crippen MR) is 82.9 cm³/mol. The summed E-state index contributed by atoms with van der Waals surface area (Å²) in [5.74, 6) is 0.388. The molecule has 7 heteroatoms. The van der Waals surface area contributed by atoms with Crippen LogP contribution in [0.25, 0.3) is 0 Å². The Morgan fingerprint density at radius 2 is 2.17 bits per heavy atom. The van der Waals surface area contributed by atoms with Crippen LogP contribution in [-0.4, -0.2) is 55.6 Å².